The van der Waals surface area contributed by atoms with Crippen LogP contribution in [0.2, 0.25) is 0 Å². The van der Waals surface area contributed by atoms with Crippen molar-refractivity contribution < 1.29 is 5.11 Å². The minimum absolute atomic E-state index is 0.228. The van der Waals surface area contributed by atoms with E-state index < -0.39 is 0 Å². The highest BCUT2D eigenvalue weighted by Crippen LogP contribution is 2.33. The number of nitrogens with one attached hydrogen (secondary N) is 1. The molecule has 2 atom stereocenters. The van der Waals surface area contributed by atoms with E-state index in [1.165, 1.54) is 6.42 Å². The lowest BCUT2D eigenvalue weighted by Gasteiger charge is -2.27. The number of aliphatic hydroxyl groups excluding tert-OH is 1. The maximum Gasteiger partial charge on any atom is 0.0791 e. The molecule has 0 aromatic carbocycles. The molecule has 0 aromatic rings. The molecule has 0 aromatic heterocycles. The molecular formula is C12H26N2O. The summed E-state index contributed by atoms with van der Waals surface area (Å²) in [5.41, 5.74) is 0.405. The van der Waals surface area contributed by atoms with Crippen molar-refractivity contribution in [3.05, 3.63) is 0 Å². The summed E-state index contributed by atoms with van der Waals surface area (Å²) < 4.78 is 0. The molecule has 2 N–H and O–H groups in total. The molecule has 90 valence electrons. The van der Waals surface area contributed by atoms with Crippen LogP contribution in [0, 0.1) is 11.3 Å². The summed E-state index contributed by atoms with van der Waals surface area (Å²) in [6.07, 6.45) is 1.05. The molecule has 15 heavy (non-hydrogen) atoms. The molecule has 0 spiro atoms. The van der Waals surface area contributed by atoms with Crippen LogP contribution in [0.3, 0.4) is 0 Å². The number of hydrogen-bond donors (Lipinski definition) is 2. The van der Waals surface area contributed by atoms with Gasteiger partial charge in [-0.25, -0.2) is 0 Å². The highest BCUT2D eigenvalue weighted by Gasteiger charge is 2.32. The Morgan fingerprint density at radius 3 is 2.60 bits per heavy atom. The van der Waals surface area contributed by atoms with E-state index in [0.717, 1.165) is 25.6 Å². The van der Waals surface area contributed by atoms with Crippen molar-refractivity contribution in [2.24, 2.45) is 11.3 Å². The van der Waals surface area contributed by atoms with Crippen molar-refractivity contribution in [2.45, 2.75) is 33.3 Å². The average molecular weight is 214 g/mol. The van der Waals surface area contributed by atoms with E-state index in [2.05, 4.69) is 31.0 Å². The van der Waals surface area contributed by atoms with Crippen LogP contribution in [0.1, 0.15) is 27.2 Å². The predicted octanol–water partition coefficient (Wildman–Crippen LogP) is 0.935. The number of nitrogens with zero attached hydrogens (tertiary/aromatic N) is 1. The standard InChI is InChI=1S/C12H26N2O/c1-12(2,3)10-5-6-14(8-10)9-11(15)7-13-4/h10-11,13,15H,5-9H2,1-4H3. The van der Waals surface area contributed by atoms with Crippen LogP contribution in [-0.2, 0) is 0 Å². The molecule has 3 heteroatoms. The van der Waals surface area contributed by atoms with Gasteiger partial charge in [0, 0.05) is 19.6 Å². The lowest BCUT2D eigenvalue weighted by molar-refractivity contribution is 0.118. The van der Waals surface area contributed by atoms with E-state index in [-0.39, 0.29) is 6.10 Å². The van der Waals surface area contributed by atoms with E-state index in [1.54, 1.807) is 0 Å². The summed E-state index contributed by atoms with van der Waals surface area (Å²) in [5, 5.41) is 12.7. The topological polar surface area (TPSA) is 35.5 Å². The number of aliphatic hydroxyl groups is 1. The first-order chi connectivity index (χ1) is 6.93. The monoisotopic (exact) mass is 214 g/mol. The van der Waals surface area contributed by atoms with Gasteiger partial charge < -0.3 is 15.3 Å². The van der Waals surface area contributed by atoms with Crippen LogP contribution < -0.4 is 5.32 Å². The second kappa shape index (κ2) is 5.28. The smallest absolute Gasteiger partial charge is 0.0791 e. The van der Waals surface area contributed by atoms with Crippen LogP contribution in [0.5, 0.6) is 0 Å². The zero-order valence-corrected chi connectivity index (χ0v) is 10.6. The highest BCUT2D eigenvalue weighted by molar-refractivity contribution is 4.84. The van der Waals surface area contributed by atoms with Gasteiger partial charge in [-0.2, -0.15) is 0 Å². The summed E-state index contributed by atoms with van der Waals surface area (Å²) in [6, 6.07) is 0. The lowest BCUT2D eigenvalue weighted by atomic mass is 9.80. The second-order valence-corrected chi connectivity index (χ2v) is 5.82. The van der Waals surface area contributed by atoms with E-state index in [4.69, 9.17) is 0 Å². The molecular weight excluding hydrogens is 188 g/mol. The average Bonchev–Trinajstić information content (AvgIpc) is 2.52. The van der Waals surface area contributed by atoms with Gasteiger partial charge in [0.15, 0.2) is 0 Å². The minimum atomic E-state index is -0.228. The molecule has 1 rings (SSSR count). The quantitative estimate of drug-likeness (QED) is 0.731. The van der Waals surface area contributed by atoms with E-state index in [0.29, 0.717) is 12.0 Å². The Hall–Kier alpha value is -0.120. The lowest BCUT2D eigenvalue weighted by Crippen LogP contribution is -2.37. The third kappa shape index (κ3) is 4.09. The number of hydrogen-bond acceptors (Lipinski definition) is 3. The third-order valence-corrected chi connectivity index (χ3v) is 3.41. The van der Waals surface area contributed by atoms with Gasteiger partial charge in [-0.05, 0) is 31.3 Å². The molecule has 3 nitrogen and oxygen atoms in total. The van der Waals surface area contributed by atoms with Crippen LogP contribution in [0.15, 0.2) is 0 Å². The first kappa shape index (κ1) is 12.9. The van der Waals surface area contributed by atoms with Crippen LogP contribution in [-0.4, -0.2) is 49.3 Å². The highest BCUT2D eigenvalue weighted by atomic mass is 16.3. The zero-order chi connectivity index (χ0) is 11.5. The first-order valence-electron chi connectivity index (χ1n) is 5.98. The molecule has 2 unspecified atom stereocenters. The molecule has 0 aliphatic carbocycles. The normalized spacial score (nSPS) is 25.8. The molecule has 0 amide bonds. The fraction of sp³-hybridized carbons (Fsp3) is 1.00. The van der Waals surface area contributed by atoms with E-state index in [1.807, 2.05) is 7.05 Å². The minimum Gasteiger partial charge on any atom is -0.390 e. The first-order valence-corrected chi connectivity index (χ1v) is 5.98. The summed E-state index contributed by atoms with van der Waals surface area (Å²) in [6.45, 7) is 10.7. The fourth-order valence-corrected chi connectivity index (χ4v) is 2.30. The van der Waals surface area contributed by atoms with E-state index in [9.17, 15) is 5.11 Å². The van der Waals surface area contributed by atoms with Gasteiger partial charge in [0.25, 0.3) is 0 Å². The molecule has 1 fully saturated rings. The summed E-state index contributed by atoms with van der Waals surface area (Å²) >= 11 is 0. The van der Waals surface area contributed by atoms with Gasteiger partial charge in [0.2, 0.25) is 0 Å². The Bertz CT molecular complexity index is 189. The number of β-amino-alcohol motifs (C(OH)–C–C–N with tert-alkyl or cyclic N) is 1. The van der Waals surface area contributed by atoms with Crippen molar-refractivity contribution >= 4 is 0 Å². The molecule has 1 aliphatic heterocycles. The van der Waals surface area contributed by atoms with Gasteiger partial charge in [0.1, 0.15) is 0 Å². The van der Waals surface area contributed by atoms with Gasteiger partial charge in [-0.1, -0.05) is 20.8 Å². The summed E-state index contributed by atoms with van der Waals surface area (Å²) in [5.74, 6) is 0.777. The Morgan fingerprint density at radius 1 is 1.47 bits per heavy atom. The van der Waals surface area contributed by atoms with E-state index >= 15 is 0 Å². The third-order valence-electron chi connectivity index (χ3n) is 3.41. The van der Waals surface area contributed by atoms with Gasteiger partial charge >= 0.3 is 0 Å². The van der Waals surface area contributed by atoms with Gasteiger partial charge in [0.05, 0.1) is 6.10 Å². The molecule has 1 heterocycles. The Labute approximate surface area is 93.9 Å². The van der Waals surface area contributed by atoms with Crippen molar-refractivity contribution in [2.75, 3.05) is 33.2 Å². The maximum atomic E-state index is 9.69. The SMILES string of the molecule is CNCC(O)CN1CCC(C(C)(C)C)C1. The van der Waals surface area contributed by atoms with Gasteiger partial charge in [-0.15, -0.1) is 0 Å². The molecule has 1 aliphatic rings. The Kier molecular flexibility index (Phi) is 4.56. The van der Waals surface area contributed by atoms with Gasteiger partial charge in [-0.3, -0.25) is 0 Å². The van der Waals surface area contributed by atoms with Crippen LogP contribution in [0.4, 0.5) is 0 Å². The molecule has 0 bridgehead atoms. The molecule has 1 saturated heterocycles. The number of rotatable bonds is 4. The fourth-order valence-electron chi connectivity index (χ4n) is 2.30. The summed E-state index contributed by atoms with van der Waals surface area (Å²) in [7, 11) is 1.88. The van der Waals surface area contributed by atoms with Crippen LogP contribution in [0.25, 0.3) is 0 Å². The number of likely N-dealkylation sites (N-methyl/N-ethyl adjacent to an activating group) is 1. The molecule has 0 saturated carbocycles. The Morgan fingerprint density at radius 2 is 2.13 bits per heavy atom. The largest absolute Gasteiger partial charge is 0.390 e. The van der Waals surface area contributed by atoms with Crippen molar-refractivity contribution in [3.63, 3.8) is 0 Å². The van der Waals surface area contributed by atoms with Crippen molar-refractivity contribution in [3.8, 4) is 0 Å². The number of likely N-dealkylation sites (tertiary alicyclic amines) is 1. The zero-order valence-electron chi connectivity index (χ0n) is 10.6. The van der Waals surface area contributed by atoms with Crippen LogP contribution >= 0.6 is 0 Å². The van der Waals surface area contributed by atoms with Crippen molar-refractivity contribution in [1.29, 1.82) is 0 Å². The maximum absolute atomic E-state index is 9.69. The van der Waals surface area contributed by atoms with Crippen molar-refractivity contribution in [1.82, 2.24) is 10.2 Å². The second-order valence-electron chi connectivity index (χ2n) is 5.82. The predicted molar refractivity (Wildman–Crippen MR) is 63.9 cm³/mol. The summed E-state index contributed by atoms with van der Waals surface area (Å²) in [4.78, 5) is 2.39. The molecule has 0 radical (unpaired) electrons. The Balaban J connectivity index is 2.30.